The molecule has 0 bridgehead atoms. The zero-order valence-corrected chi connectivity index (χ0v) is 9.85. The zero-order valence-electron chi connectivity index (χ0n) is 8.27. The van der Waals surface area contributed by atoms with E-state index in [2.05, 4.69) is 15.9 Å². The zero-order chi connectivity index (χ0) is 10.9. The molecule has 0 aliphatic carbocycles. The monoisotopic (exact) mass is 259 g/mol. The Hall–Kier alpha value is -0.900. The molecule has 0 aromatic heterocycles. The van der Waals surface area contributed by atoms with Crippen molar-refractivity contribution in [2.75, 3.05) is 14.1 Å². The first-order valence-electron chi connectivity index (χ1n) is 4.10. The van der Waals surface area contributed by atoms with Crippen molar-refractivity contribution in [1.29, 1.82) is 0 Å². The minimum absolute atomic E-state index is 0.0990. The molecule has 1 amide bonds. The van der Waals surface area contributed by atoms with E-state index in [0.29, 0.717) is 4.47 Å². The molecule has 1 rings (SSSR count). The van der Waals surface area contributed by atoms with E-state index in [1.54, 1.807) is 26.2 Å². The summed E-state index contributed by atoms with van der Waals surface area (Å²) in [6.07, 6.45) is 0. The average Bonchev–Trinajstić information content (AvgIpc) is 2.09. The smallest absolute Gasteiger partial charge is 0.256 e. The van der Waals surface area contributed by atoms with Gasteiger partial charge in [-0.15, -0.1) is 0 Å². The van der Waals surface area contributed by atoms with Gasteiger partial charge in [-0.05, 0) is 40.5 Å². The third-order valence-electron chi connectivity index (χ3n) is 1.81. The van der Waals surface area contributed by atoms with E-state index in [0.717, 1.165) is 5.56 Å². The highest BCUT2D eigenvalue weighted by molar-refractivity contribution is 9.10. The molecule has 76 valence electrons. The van der Waals surface area contributed by atoms with E-state index in [-0.39, 0.29) is 11.5 Å². The summed E-state index contributed by atoms with van der Waals surface area (Å²) in [5.41, 5.74) is 0.949. The van der Waals surface area contributed by atoms with E-state index in [9.17, 15) is 9.18 Å². The summed E-state index contributed by atoms with van der Waals surface area (Å²) >= 11 is 3.07. The summed E-state index contributed by atoms with van der Waals surface area (Å²) in [7, 11) is 3.19. The number of amides is 1. The molecule has 0 atom stereocenters. The summed E-state index contributed by atoms with van der Waals surface area (Å²) in [6, 6.07) is 3.18. The summed E-state index contributed by atoms with van der Waals surface area (Å²) < 4.78 is 13.8. The van der Waals surface area contributed by atoms with Gasteiger partial charge in [0.2, 0.25) is 0 Å². The highest BCUT2D eigenvalue weighted by Crippen LogP contribution is 2.21. The normalized spacial score (nSPS) is 10.1. The fourth-order valence-corrected chi connectivity index (χ4v) is 1.70. The molecular weight excluding hydrogens is 249 g/mol. The van der Waals surface area contributed by atoms with E-state index >= 15 is 0 Å². The molecular formula is C10H11BrFNO. The second-order valence-electron chi connectivity index (χ2n) is 3.31. The average molecular weight is 260 g/mol. The van der Waals surface area contributed by atoms with Gasteiger partial charge in [0, 0.05) is 14.1 Å². The molecule has 0 saturated carbocycles. The Balaban J connectivity index is 3.27. The van der Waals surface area contributed by atoms with Crippen LogP contribution in [0.2, 0.25) is 0 Å². The van der Waals surface area contributed by atoms with Crippen molar-refractivity contribution in [3.8, 4) is 0 Å². The Morgan fingerprint density at radius 2 is 2.00 bits per heavy atom. The van der Waals surface area contributed by atoms with Crippen LogP contribution in [0.4, 0.5) is 4.39 Å². The van der Waals surface area contributed by atoms with Gasteiger partial charge < -0.3 is 4.90 Å². The maximum absolute atomic E-state index is 13.5. The van der Waals surface area contributed by atoms with Gasteiger partial charge in [-0.3, -0.25) is 4.79 Å². The van der Waals surface area contributed by atoms with Crippen LogP contribution in [-0.4, -0.2) is 24.9 Å². The predicted molar refractivity (Wildman–Crippen MR) is 56.9 cm³/mol. The molecule has 2 nitrogen and oxygen atoms in total. The van der Waals surface area contributed by atoms with E-state index in [1.165, 1.54) is 4.90 Å². The van der Waals surface area contributed by atoms with Gasteiger partial charge in [0.05, 0.1) is 10.0 Å². The number of aryl methyl sites for hydroxylation is 1. The maximum atomic E-state index is 13.5. The van der Waals surface area contributed by atoms with Crippen LogP contribution in [0, 0.1) is 12.7 Å². The first-order valence-corrected chi connectivity index (χ1v) is 4.90. The molecule has 14 heavy (non-hydrogen) atoms. The molecule has 0 heterocycles. The Morgan fingerprint density at radius 1 is 1.43 bits per heavy atom. The van der Waals surface area contributed by atoms with Gasteiger partial charge in [0.1, 0.15) is 5.82 Å². The number of hydrogen-bond acceptors (Lipinski definition) is 1. The lowest BCUT2D eigenvalue weighted by Gasteiger charge is -2.12. The predicted octanol–water partition coefficient (Wildman–Crippen LogP) is 2.60. The highest BCUT2D eigenvalue weighted by atomic mass is 79.9. The van der Waals surface area contributed by atoms with Crippen molar-refractivity contribution in [2.45, 2.75) is 6.92 Å². The Labute approximate surface area is 90.8 Å². The first-order chi connectivity index (χ1) is 6.43. The van der Waals surface area contributed by atoms with Crippen molar-refractivity contribution >= 4 is 21.8 Å². The number of halogens is 2. The van der Waals surface area contributed by atoms with E-state index < -0.39 is 5.82 Å². The summed E-state index contributed by atoms with van der Waals surface area (Å²) in [6.45, 7) is 1.82. The second-order valence-corrected chi connectivity index (χ2v) is 4.16. The van der Waals surface area contributed by atoms with Gasteiger partial charge in [-0.1, -0.05) is 0 Å². The summed E-state index contributed by atoms with van der Waals surface area (Å²) in [4.78, 5) is 12.9. The third kappa shape index (κ3) is 2.12. The molecule has 1 aromatic carbocycles. The summed E-state index contributed by atoms with van der Waals surface area (Å²) in [5.74, 6) is -0.832. The molecule has 0 fully saturated rings. The Bertz CT molecular complexity index is 377. The topological polar surface area (TPSA) is 20.3 Å². The number of carbonyl (C=O) groups excluding carboxylic acids is 1. The Kier molecular flexibility index (Phi) is 3.26. The van der Waals surface area contributed by atoms with E-state index in [1.807, 2.05) is 6.92 Å². The van der Waals surface area contributed by atoms with Gasteiger partial charge in [-0.2, -0.15) is 0 Å². The lowest BCUT2D eigenvalue weighted by atomic mass is 10.1. The van der Waals surface area contributed by atoms with Crippen LogP contribution in [0.1, 0.15) is 15.9 Å². The van der Waals surface area contributed by atoms with E-state index in [4.69, 9.17) is 0 Å². The van der Waals surface area contributed by atoms with Crippen LogP contribution in [0.15, 0.2) is 16.6 Å². The fraction of sp³-hybridized carbons (Fsp3) is 0.300. The number of nitrogens with zero attached hydrogens (tertiary/aromatic N) is 1. The van der Waals surface area contributed by atoms with Crippen LogP contribution < -0.4 is 0 Å². The molecule has 1 aromatic rings. The molecule has 0 aliphatic rings. The van der Waals surface area contributed by atoms with Gasteiger partial charge in [0.25, 0.3) is 5.91 Å². The van der Waals surface area contributed by atoms with Crippen LogP contribution >= 0.6 is 15.9 Å². The number of rotatable bonds is 1. The largest absolute Gasteiger partial charge is 0.345 e. The summed E-state index contributed by atoms with van der Waals surface area (Å²) in [5, 5.41) is 0. The molecule has 0 spiro atoms. The maximum Gasteiger partial charge on any atom is 0.256 e. The van der Waals surface area contributed by atoms with Crippen molar-refractivity contribution in [3.63, 3.8) is 0 Å². The molecule has 0 N–H and O–H groups in total. The van der Waals surface area contributed by atoms with Crippen molar-refractivity contribution in [2.24, 2.45) is 0 Å². The minimum atomic E-state index is -0.505. The second kappa shape index (κ2) is 4.09. The van der Waals surface area contributed by atoms with Crippen LogP contribution in [0.3, 0.4) is 0 Å². The van der Waals surface area contributed by atoms with Crippen molar-refractivity contribution < 1.29 is 9.18 Å². The lowest BCUT2D eigenvalue weighted by Crippen LogP contribution is -2.23. The standard InChI is InChI=1S/C10H11BrFNO/c1-6-4-7(10(14)13(2)3)9(12)8(11)5-6/h4-5H,1-3H3. The first kappa shape index (κ1) is 11.2. The van der Waals surface area contributed by atoms with Gasteiger partial charge in [-0.25, -0.2) is 4.39 Å². The Morgan fingerprint density at radius 3 is 2.50 bits per heavy atom. The SMILES string of the molecule is Cc1cc(Br)c(F)c(C(=O)N(C)C)c1. The van der Waals surface area contributed by atoms with Gasteiger partial charge in [0.15, 0.2) is 0 Å². The molecule has 4 heteroatoms. The number of benzene rings is 1. The minimum Gasteiger partial charge on any atom is -0.345 e. The quantitative estimate of drug-likeness (QED) is 0.760. The van der Waals surface area contributed by atoms with Crippen molar-refractivity contribution in [1.82, 2.24) is 4.90 Å². The third-order valence-corrected chi connectivity index (χ3v) is 2.39. The van der Waals surface area contributed by atoms with Crippen LogP contribution in [-0.2, 0) is 0 Å². The van der Waals surface area contributed by atoms with Crippen LogP contribution in [0.5, 0.6) is 0 Å². The number of hydrogen-bond donors (Lipinski definition) is 0. The van der Waals surface area contributed by atoms with Gasteiger partial charge >= 0.3 is 0 Å². The molecule has 0 unspecified atom stereocenters. The van der Waals surface area contributed by atoms with Crippen molar-refractivity contribution in [3.05, 3.63) is 33.5 Å². The fourth-order valence-electron chi connectivity index (χ4n) is 1.12. The molecule has 0 radical (unpaired) electrons. The highest BCUT2D eigenvalue weighted by Gasteiger charge is 2.16. The lowest BCUT2D eigenvalue weighted by molar-refractivity contribution is 0.0823. The molecule has 0 aliphatic heterocycles. The van der Waals surface area contributed by atoms with Crippen LogP contribution in [0.25, 0.3) is 0 Å². The number of carbonyl (C=O) groups is 1. The molecule has 0 saturated heterocycles.